The fraction of sp³-hybridized carbons (Fsp3) is 0.632. The highest BCUT2D eigenvalue weighted by molar-refractivity contribution is 5.69. The molecule has 0 aliphatic carbocycles. The van der Waals surface area contributed by atoms with Crippen LogP contribution in [-0.2, 0) is 4.74 Å². The molecule has 0 aliphatic heterocycles. The van der Waals surface area contributed by atoms with Gasteiger partial charge in [0.05, 0.1) is 30.3 Å². The lowest BCUT2D eigenvalue weighted by Gasteiger charge is -2.23. The molecule has 1 N–H and O–H groups in total. The number of nitro benzene ring substituents is 1. The van der Waals surface area contributed by atoms with Crippen molar-refractivity contribution in [3.63, 3.8) is 0 Å². The van der Waals surface area contributed by atoms with E-state index in [-0.39, 0.29) is 22.4 Å². The molecule has 1 aromatic rings. The van der Waals surface area contributed by atoms with Gasteiger partial charge in [-0.3, -0.25) is 10.1 Å². The van der Waals surface area contributed by atoms with Gasteiger partial charge in [0.1, 0.15) is 6.10 Å². The van der Waals surface area contributed by atoms with Gasteiger partial charge >= 0.3 is 6.09 Å². The lowest BCUT2D eigenvalue weighted by molar-refractivity contribution is -0.386. The zero-order chi connectivity index (χ0) is 21.0. The largest absolute Gasteiger partial charge is 0.493 e. The summed E-state index contributed by atoms with van der Waals surface area (Å²) in [6.07, 6.45) is -1.50. The molecule has 1 rings (SSSR count). The molecule has 0 bridgehead atoms. The second kappa shape index (κ2) is 8.45. The molecule has 0 fully saturated rings. The number of alkyl carbamates (subject to hydrolysis) is 1. The van der Waals surface area contributed by atoms with Crippen molar-refractivity contribution >= 4 is 11.8 Å². The van der Waals surface area contributed by atoms with E-state index in [9.17, 15) is 14.9 Å². The summed E-state index contributed by atoms with van der Waals surface area (Å²) < 4.78 is 16.3. The third kappa shape index (κ3) is 7.32. The number of nitro groups is 1. The highest BCUT2D eigenvalue weighted by Gasteiger charge is 2.27. The number of benzene rings is 1. The summed E-state index contributed by atoms with van der Waals surface area (Å²) in [4.78, 5) is 23.0. The van der Waals surface area contributed by atoms with Crippen molar-refractivity contribution in [3.05, 3.63) is 27.8 Å². The molecule has 0 aliphatic rings. The number of nitrogens with one attached hydrogen (secondary N) is 1. The number of rotatable bonds is 6. The van der Waals surface area contributed by atoms with Gasteiger partial charge < -0.3 is 19.5 Å². The first kappa shape index (κ1) is 22.5. The minimum absolute atomic E-state index is 0.125. The Morgan fingerprint density at radius 2 is 1.78 bits per heavy atom. The second-order valence-electron chi connectivity index (χ2n) is 8.59. The molecule has 8 heteroatoms. The number of amides is 1. The maximum atomic E-state index is 12.0. The number of nitrogens with zero attached hydrogens (tertiary/aromatic N) is 1. The van der Waals surface area contributed by atoms with Crippen LogP contribution in [0.25, 0.3) is 0 Å². The molecule has 0 saturated carbocycles. The predicted molar refractivity (Wildman–Crippen MR) is 102 cm³/mol. The minimum atomic E-state index is -0.849. The van der Waals surface area contributed by atoms with E-state index >= 15 is 0 Å². The van der Waals surface area contributed by atoms with Crippen LogP contribution in [0.5, 0.6) is 11.5 Å². The molecule has 1 amide bonds. The highest BCUT2D eigenvalue weighted by atomic mass is 16.6. The molecule has 27 heavy (non-hydrogen) atoms. The maximum Gasteiger partial charge on any atom is 0.408 e. The van der Waals surface area contributed by atoms with Crippen LogP contribution in [0.1, 0.15) is 60.1 Å². The second-order valence-corrected chi connectivity index (χ2v) is 8.59. The Morgan fingerprint density at radius 3 is 2.22 bits per heavy atom. The van der Waals surface area contributed by atoms with Crippen molar-refractivity contribution in [1.29, 1.82) is 0 Å². The standard InChI is InChI=1S/C19H30N2O6/c1-12(27-17(22)20-19(5,6)7)13-9-15(25-8)16(10-14(13)21(23)24)26-11-18(2,3)4/h9-10,12H,11H2,1-8H3,(H,20,22). The van der Waals surface area contributed by atoms with Crippen molar-refractivity contribution in [1.82, 2.24) is 5.32 Å². The van der Waals surface area contributed by atoms with Gasteiger partial charge in [0.25, 0.3) is 5.69 Å². The van der Waals surface area contributed by atoms with Gasteiger partial charge in [-0.05, 0) is 39.2 Å². The maximum absolute atomic E-state index is 12.0. The Bertz CT molecular complexity index is 689. The molecule has 1 atom stereocenters. The first-order valence-corrected chi connectivity index (χ1v) is 8.71. The number of methoxy groups -OCH3 is 1. The van der Waals surface area contributed by atoms with E-state index in [1.165, 1.54) is 19.2 Å². The van der Waals surface area contributed by atoms with E-state index in [0.717, 1.165) is 0 Å². The molecule has 8 nitrogen and oxygen atoms in total. The molecule has 1 unspecified atom stereocenters. The molecular weight excluding hydrogens is 352 g/mol. The smallest absolute Gasteiger partial charge is 0.408 e. The molecule has 0 heterocycles. The third-order valence-corrected chi connectivity index (χ3v) is 3.37. The summed E-state index contributed by atoms with van der Waals surface area (Å²) >= 11 is 0. The van der Waals surface area contributed by atoms with E-state index in [1.54, 1.807) is 6.92 Å². The number of hydrogen-bond acceptors (Lipinski definition) is 6. The van der Waals surface area contributed by atoms with Crippen LogP contribution in [0, 0.1) is 15.5 Å². The average Bonchev–Trinajstić information content (AvgIpc) is 2.49. The van der Waals surface area contributed by atoms with Gasteiger partial charge in [0, 0.05) is 5.54 Å². The fourth-order valence-electron chi connectivity index (χ4n) is 2.17. The molecule has 0 aromatic heterocycles. The van der Waals surface area contributed by atoms with Crippen molar-refractivity contribution in [3.8, 4) is 11.5 Å². The van der Waals surface area contributed by atoms with Crippen LogP contribution in [0.15, 0.2) is 12.1 Å². The highest BCUT2D eigenvalue weighted by Crippen LogP contribution is 2.39. The normalized spacial score (nSPS) is 12.9. The molecule has 152 valence electrons. The first-order valence-electron chi connectivity index (χ1n) is 8.71. The van der Waals surface area contributed by atoms with E-state index in [4.69, 9.17) is 14.2 Å². The topological polar surface area (TPSA) is 99.9 Å². The van der Waals surface area contributed by atoms with Gasteiger partial charge in [0.15, 0.2) is 11.5 Å². The Balaban J connectivity index is 3.18. The van der Waals surface area contributed by atoms with E-state index in [0.29, 0.717) is 12.4 Å². The Morgan fingerprint density at radius 1 is 1.19 bits per heavy atom. The molecule has 1 aromatic carbocycles. The number of carbonyl (C=O) groups is 1. The van der Waals surface area contributed by atoms with Crippen LogP contribution < -0.4 is 14.8 Å². The minimum Gasteiger partial charge on any atom is -0.493 e. The molecule has 0 radical (unpaired) electrons. The summed E-state index contributed by atoms with van der Waals surface area (Å²) in [7, 11) is 1.45. The number of ether oxygens (including phenoxy) is 3. The van der Waals surface area contributed by atoms with E-state index in [1.807, 2.05) is 41.5 Å². The molecule has 0 saturated heterocycles. The van der Waals surface area contributed by atoms with Gasteiger partial charge in [-0.2, -0.15) is 0 Å². The van der Waals surface area contributed by atoms with Crippen molar-refractivity contribution in [2.45, 2.75) is 60.1 Å². The summed E-state index contributed by atoms with van der Waals surface area (Å²) in [6.45, 7) is 13.3. The quantitative estimate of drug-likeness (QED) is 0.569. The Kier molecular flexibility index (Phi) is 7.05. The van der Waals surface area contributed by atoms with Gasteiger partial charge in [0.2, 0.25) is 0 Å². The van der Waals surface area contributed by atoms with Crippen molar-refractivity contribution < 1.29 is 23.9 Å². The zero-order valence-electron chi connectivity index (χ0n) is 17.3. The van der Waals surface area contributed by atoms with Crippen LogP contribution in [0.4, 0.5) is 10.5 Å². The van der Waals surface area contributed by atoms with Crippen molar-refractivity contribution in [2.24, 2.45) is 5.41 Å². The monoisotopic (exact) mass is 382 g/mol. The summed E-state index contributed by atoms with van der Waals surface area (Å²) in [6, 6.07) is 2.78. The van der Waals surface area contributed by atoms with Crippen molar-refractivity contribution in [2.75, 3.05) is 13.7 Å². The van der Waals surface area contributed by atoms with Gasteiger partial charge in [-0.15, -0.1) is 0 Å². The van der Waals surface area contributed by atoms with Gasteiger partial charge in [-0.1, -0.05) is 20.8 Å². The van der Waals surface area contributed by atoms with Crippen LogP contribution in [0.3, 0.4) is 0 Å². The number of hydrogen-bond donors (Lipinski definition) is 1. The number of carbonyl (C=O) groups excluding carboxylic acids is 1. The van der Waals surface area contributed by atoms with Crippen LogP contribution >= 0.6 is 0 Å². The first-order chi connectivity index (χ1) is 12.2. The molecular formula is C19H30N2O6. The molecule has 0 spiro atoms. The third-order valence-electron chi connectivity index (χ3n) is 3.37. The average molecular weight is 382 g/mol. The summed E-state index contributed by atoms with van der Waals surface area (Å²) in [5, 5.41) is 14.2. The lowest BCUT2D eigenvalue weighted by Crippen LogP contribution is -2.41. The SMILES string of the molecule is COc1cc(C(C)OC(=O)NC(C)(C)C)c([N+](=O)[O-])cc1OCC(C)(C)C. The lowest BCUT2D eigenvalue weighted by atomic mass is 9.98. The predicted octanol–water partition coefficient (Wildman–Crippen LogP) is 4.61. The zero-order valence-corrected chi connectivity index (χ0v) is 17.3. The van der Waals surface area contributed by atoms with E-state index < -0.39 is 22.7 Å². The Hall–Kier alpha value is -2.51. The van der Waals surface area contributed by atoms with Crippen LogP contribution in [-0.4, -0.2) is 30.3 Å². The van der Waals surface area contributed by atoms with E-state index in [2.05, 4.69) is 5.32 Å². The summed E-state index contributed by atoms with van der Waals surface area (Å²) in [5.41, 5.74) is -0.579. The van der Waals surface area contributed by atoms with Gasteiger partial charge in [-0.25, -0.2) is 4.79 Å². The Labute approximate surface area is 160 Å². The summed E-state index contributed by atoms with van der Waals surface area (Å²) in [5.74, 6) is 0.612. The van der Waals surface area contributed by atoms with Crippen LogP contribution in [0.2, 0.25) is 0 Å². The fourth-order valence-corrected chi connectivity index (χ4v) is 2.17.